The van der Waals surface area contributed by atoms with Crippen molar-refractivity contribution in [1.29, 1.82) is 0 Å². The Labute approximate surface area is 221 Å². The maximum Gasteiger partial charge on any atom is 0.510 e. The van der Waals surface area contributed by atoms with Crippen LogP contribution in [0.15, 0.2) is 58.7 Å². The van der Waals surface area contributed by atoms with Gasteiger partial charge in [-0.1, -0.05) is 18.2 Å². The Balaban J connectivity index is 1.55. The van der Waals surface area contributed by atoms with E-state index in [9.17, 15) is 14.4 Å². The first kappa shape index (κ1) is 24.2. The van der Waals surface area contributed by atoms with Crippen LogP contribution in [-0.4, -0.2) is 71.4 Å². The van der Waals surface area contributed by atoms with Crippen LogP contribution >= 0.6 is 11.8 Å². The van der Waals surface area contributed by atoms with Gasteiger partial charge in [0.25, 0.3) is 5.91 Å². The molecule has 196 valence electrons. The fourth-order valence-corrected chi connectivity index (χ4v) is 6.06. The van der Waals surface area contributed by atoms with Crippen molar-refractivity contribution in [3.05, 3.63) is 81.8 Å². The number of morpholine rings is 1. The van der Waals surface area contributed by atoms with E-state index in [0.717, 1.165) is 28.8 Å². The zero-order valence-corrected chi connectivity index (χ0v) is 21.1. The molecule has 1 saturated heterocycles. The molecule has 3 aliphatic heterocycles. The number of rotatable bonds is 4. The minimum Gasteiger partial charge on any atom is -0.451 e. The van der Waals surface area contributed by atoms with Crippen molar-refractivity contribution in [2.45, 2.75) is 22.9 Å². The van der Waals surface area contributed by atoms with Gasteiger partial charge in [-0.2, -0.15) is 0 Å². The summed E-state index contributed by atoms with van der Waals surface area (Å²) in [6.45, 7) is 0.333. The molecule has 0 aliphatic carbocycles. The summed E-state index contributed by atoms with van der Waals surface area (Å²) in [7, 11) is 1.16. The molecule has 2 aromatic heterocycles. The molecular formula is C25H23N5O7S. The molecule has 38 heavy (non-hydrogen) atoms. The predicted octanol–water partition coefficient (Wildman–Crippen LogP) is 1.90. The first-order valence-electron chi connectivity index (χ1n) is 11.9. The number of pyridine rings is 1. The zero-order chi connectivity index (χ0) is 26.2. The number of carbonyl (C=O) groups is 2. The summed E-state index contributed by atoms with van der Waals surface area (Å²) >= 11 is 1.68. The second kappa shape index (κ2) is 9.99. The molecule has 1 aromatic carbocycles. The Morgan fingerprint density at radius 3 is 2.95 bits per heavy atom. The number of thioether (sulfide) groups is 1. The van der Waals surface area contributed by atoms with E-state index in [4.69, 9.17) is 14.2 Å². The molecule has 12 nitrogen and oxygen atoms in total. The number of nitrogens with zero attached hydrogens (tertiary/aromatic N) is 5. The molecule has 1 fully saturated rings. The van der Waals surface area contributed by atoms with Crippen LogP contribution in [0.2, 0.25) is 0 Å². The molecule has 0 radical (unpaired) electrons. The molecule has 1 amide bonds. The highest BCUT2D eigenvalue weighted by atomic mass is 32.2. The van der Waals surface area contributed by atoms with Crippen molar-refractivity contribution in [3.63, 3.8) is 0 Å². The minimum absolute atomic E-state index is 0.0249. The van der Waals surface area contributed by atoms with Gasteiger partial charge >= 0.3 is 6.16 Å². The molecule has 0 bridgehead atoms. The number of carbonyl (C=O) groups excluding carboxylic acids is 2. The van der Waals surface area contributed by atoms with Crippen LogP contribution in [0.5, 0.6) is 5.75 Å². The van der Waals surface area contributed by atoms with Gasteiger partial charge < -0.3 is 23.8 Å². The fraction of sp³-hybridized carbons (Fsp3) is 0.320. The van der Waals surface area contributed by atoms with E-state index in [2.05, 4.69) is 20.8 Å². The van der Waals surface area contributed by atoms with Crippen molar-refractivity contribution in [3.8, 4) is 5.75 Å². The maximum atomic E-state index is 13.8. The lowest BCUT2D eigenvalue weighted by atomic mass is 9.97. The van der Waals surface area contributed by atoms with Crippen molar-refractivity contribution in [2.75, 3.05) is 38.7 Å². The van der Waals surface area contributed by atoms with E-state index in [1.165, 1.54) is 12.4 Å². The van der Waals surface area contributed by atoms with E-state index in [-0.39, 0.29) is 24.0 Å². The Kier molecular flexibility index (Phi) is 6.37. The van der Waals surface area contributed by atoms with Gasteiger partial charge in [-0.15, -0.1) is 11.8 Å². The number of ether oxygens (including phenoxy) is 4. The number of fused-ring (bicyclic) bond motifs is 4. The molecule has 0 spiro atoms. The van der Waals surface area contributed by atoms with Gasteiger partial charge in [-0.25, -0.2) is 14.8 Å². The van der Waals surface area contributed by atoms with E-state index in [1.807, 2.05) is 23.2 Å². The molecular weight excluding hydrogens is 514 g/mol. The highest BCUT2D eigenvalue weighted by Gasteiger charge is 2.46. The molecule has 2 unspecified atom stereocenters. The summed E-state index contributed by atoms with van der Waals surface area (Å²) in [5.74, 6) is 0.0394. The van der Waals surface area contributed by atoms with Gasteiger partial charge in [0.05, 0.1) is 26.0 Å². The van der Waals surface area contributed by atoms with Gasteiger partial charge in [0, 0.05) is 41.2 Å². The number of amides is 1. The summed E-state index contributed by atoms with van der Waals surface area (Å²) in [6, 6.07) is 8.95. The molecule has 0 N–H and O–H groups in total. The van der Waals surface area contributed by atoms with E-state index in [1.54, 1.807) is 33.7 Å². The number of hydrogen-bond donors (Lipinski definition) is 0. The van der Waals surface area contributed by atoms with E-state index >= 15 is 0 Å². The average Bonchev–Trinajstić information content (AvgIpc) is 3.11. The summed E-state index contributed by atoms with van der Waals surface area (Å²) in [4.78, 5) is 49.8. The van der Waals surface area contributed by atoms with Crippen molar-refractivity contribution < 1.29 is 28.5 Å². The van der Waals surface area contributed by atoms with Gasteiger partial charge in [0.1, 0.15) is 18.5 Å². The molecule has 2 atom stereocenters. The van der Waals surface area contributed by atoms with Crippen LogP contribution in [-0.2, 0) is 20.0 Å². The predicted molar refractivity (Wildman–Crippen MR) is 133 cm³/mol. The molecule has 3 aromatic rings. The van der Waals surface area contributed by atoms with Crippen LogP contribution in [0.1, 0.15) is 33.4 Å². The van der Waals surface area contributed by atoms with E-state index in [0.29, 0.717) is 18.9 Å². The third kappa shape index (κ3) is 4.03. The average molecular weight is 538 g/mol. The second-order valence-electron chi connectivity index (χ2n) is 8.65. The lowest BCUT2D eigenvalue weighted by molar-refractivity contribution is -0.0209. The third-order valence-corrected chi connectivity index (χ3v) is 7.77. The molecule has 5 heterocycles. The van der Waals surface area contributed by atoms with Crippen molar-refractivity contribution in [1.82, 2.24) is 19.5 Å². The van der Waals surface area contributed by atoms with Crippen LogP contribution in [0.4, 0.5) is 4.79 Å². The number of methoxy groups -OCH3 is 1. The lowest BCUT2D eigenvalue weighted by Gasteiger charge is -2.51. The maximum absolute atomic E-state index is 13.8. The normalized spacial score (nSPS) is 19.9. The Bertz CT molecular complexity index is 1420. The summed E-state index contributed by atoms with van der Waals surface area (Å²) in [6.07, 6.45) is 3.42. The number of aromatic nitrogens is 3. The molecule has 6 rings (SSSR count). The molecule has 0 saturated carbocycles. The van der Waals surface area contributed by atoms with Crippen LogP contribution < -0.4 is 15.2 Å². The smallest absolute Gasteiger partial charge is 0.451 e. The Morgan fingerprint density at radius 2 is 2.08 bits per heavy atom. The lowest BCUT2D eigenvalue weighted by Crippen LogP contribution is -2.66. The van der Waals surface area contributed by atoms with Gasteiger partial charge in [0.2, 0.25) is 18.0 Å². The second-order valence-corrected chi connectivity index (χ2v) is 9.67. The van der Waals surface area contributed by atoms with Crippen LogP contribution in [0.3, 0.4) is 0 Å². The Morgan fingerprint density at radius 1 is 1.21 bits per heavy atom. The van der Waals surface area contributed by atoms with Crippen molar-refractivity contribution in [2.24, 2.45) is 0 Å². The first-order valence-corrected chi connectivity index (χ1v) is 12.8. The highest BCUT2D eigenvalue weighted by Crippen LogP contribution is 2.43. The van der Waals surface area contributed by atoms with Crippen molar-refractivity contribution >= 4 is 23.8 Å². The third-order valence-electron chi connectivity index (χ3n) is 6.67. The summed E-state index contributed by atoms with van der Waals surface area (Å²) in [5, 5.41) is 2.01. The largest absolute Gasteiger partial charge is 0.510 e. The van der Waals surface area contributed by atoms with Crippen LogP contribution in [0.25, 0.3) is 0 Å². The quantitative estimate of drug-likeness (QED) is 0.358. The monoisotopic (exact) mass is 537 g/mol. The van der Waals surface area contributed by atoms with Gasteiger partial charge in [-0.3, -0.25) is 19.3 Å². The number of hydrogen-bond acceptors (Lipinski definition) is 11. The summed E-state index contributed by atoms with van der Waals surface area (Å²) < 4.78 is 22.3. The first-order chi connectivity index (χ1) is 18.6. The molecule has 13 heteroatoms. The van der Waals surface area contributed by atoms with Gasteiger partial charge in [-0.05, 0) is 11.6 Å². The summed E-state index contributed by atoms with van der Waals surface area (Å²) in [5.41, 5.74) is 2.26. The minimum atomic E-state index is -0.972. The molecule has 3 aliphatic rings. The van der Waals surface area contributed by atoms with Crippen LogP contribution in [0, 0.1) is 0 Å². The SMILES string of the molecule is COC(=O)OCOc1c2n(ccc1=O)N(C1c3ccccc3SCc3ncncc31)C1COCCN1C2=O. The standard InChI is InChI=1S/C25H23N5O7S/c1-34-25(33)37-14-36-23-18(31)6-7-29-22(23)24(32)28-8-9-35-11-20(28)30(29)21-15-4-2-3-5-19(15)38-12-17-16(21)10-26-13-27-17/h2-7,10,13,20-21H,8-9,11-12,14H2,1H3. The van der Waals surface area contributed by atoms with E-state index < -0.39 is 30.6 Å². The zero-order valence-electron chi connectivity index (χ0n) is 20.3. The highest BCUT2D eigenvalue weighted by molar-refractivity contribution is 7.98. The number of benzene rings is 1. The Hall–Kier alpha value is -4.10. The topological polar surface area (TPSA) is 125 Å². The fourth-order valence-electron chi connectivity index (χ4n) is 5.01. The van der Waals surface area contributed by atoms with Gasteiger partial charge in [0.15, 0.2) is 5.69 Å².